The van der Waals surface area contributed by atoms with Gasteiger partial charge in [0.2, 0.25) is 5.91 Å². The lowest BCUT2D eigenvalue weighted by Gasteiger charge is -2.40. The summed E-state index contributed by atoms with van der Waals surface area (Å²) in [6.45, 7) is 2.23. The highest BCUT2D eigenvalue weighted by Crippen LogP contribution is 2.41. The quantitative estimate of drug-likeness (QED) is 0.771. The van der Waals surface area contributed by atoms with Crippen LogP contribution in [0.1, 0.15) is 70.6 Å². The molecule has 2 aliphatic carbocycles. The van der Waals surface area contributed by atoms with Gasteiger partial charge in [0.25, 0.3) is 0 Å². The van der Waals surface area contributed by atoms with Gasteiger partial charge in [0.1, 0.15) is 0 Å². The zero-order valence-electron chi connectivity index (χ0n) is 16.1. The van der Waals surface area contributed by atoms with Crippen LogP contribution in [0.25, 0.3) is 0 Å². The van der Waals surface area contributed by atoms with Crippen LogP contribution in [0.4, 0.5) is 13.2 Å². The van der Waals surface area contributed by atoms with Crippen molar-refractivity contribution >= 4 is 5.91 Å². The number of rotatable bonds is 4. The summed E-state index contributed by atoms with van der Waals surface area (Å²) in [5, 5.41) is 13.6. The molecular formula is C20H33F3N2O2. The summed E-state index contributed by atoms with van der Waals surface area (Å²) < 4.78 is 39.7. The van der Waals surface area contributed by atoms with Crippen molar-refractivity contribution in [1.82, 2.24) is 10.2 Å². The van der Waals surface area contributed by atoms with Gasteiger partial charge < -0.3 is 15.3 Å². The second-order valence-electron chi connectivity index (χ2n) is 8.88. The van der Waals surface area contributed by atoms with Crippen LogP contribution in [0, 0.1) is 11.8 Å². The van der Waals surface area contributed by atoms with Gasteiger partial charge in [-0.25, -0.2) is 0 Å². The molecule has 0 spiro atoms. The minimum absolute atomic E-state index is 0.0504. The Hall–Kier alpha value is -0.820. The minimum atomic E-state index is -4.29. The molecule has 3 rings (SSSR count). The number of amides is 1. The van der Waals surface area contributed by atoms with Crippen molar-refractivity contribution in [3.63, 3.8) is 0 Å². The first-order valence-corrected chi connectivity index (χ1v) is 10.6. The second kappa shape index (κ2) is 8.68. The average molecular weight is 390 g/mol. The normalized spacial score (nSPS) is 30.8. The smallest absolute Gasteiger partial charge is 0.389 e. The van der Waals surface area contributed by atoms with E-state index >= 15 is 0 Å². The molecule has 1 aliphatic heterocycles. The molecule has 27 heavy (non-hydrogen) atoms. The lowest BCUT2D eigenvalue weighted by Crippen LogP contribution is -2.52. The number of carbonyl (C=O) groups excluding carboxylic acids is 1. The van der Waals surface area contributed by atoms with Crippen LogP contribution < -0.4 is 5.32 Å². The molecule has 3 fully saturated rings. The Morgan fingerprint density at radius 1 is 1.00 bits per heavy atom. The summed E-state index contributed by atoms with van der Waals surface area (Å²) >= 11 is 0. The first kappa shape index (κ1) is 20.9. The number of piperidine rings is 1. The van der Waals surface area contributed by atoms with E-state index in [4.69, 9.17) is 0 Å². The molecule has 3 aliphatic rings. The zero-order valence-corrected chi connectivity index (χ0v) is 16.1. The van der Waals surface area contributed by atoms with Gasteiger partial charge >= 0.3 is 6.18 Å². The highest BCUT2D eigenvalue weighted by Gasteiger charge is 2.48. The van der Waals surface area contributed by atoms with E-state index in [9.17, 15) is 23.1 Å². The van der Waals surface area contributed by atoms with Crippen LogP contribution in [0.3, 0.4) is 0 Å². The van der Waals surface area contributed by atoms with E-state index < -0.39 is 29.5 Å². The summed E-state index contributed by atoms with van der Waals surface area (Å²) in [6.07, 6.45) is 3.88. The topological polar surface area (TPSA) is 52.6 Å². The van der Waals surface area contributed by atoms with Crippen molar-refractivity contribution in [2.45, 2.75) is 88.4 Å². The predicted octanol–water partition coefficient (Wildman–Crippen LogP) is 3.63. The summed E-state index contributed by atoms with van der Waals surface area (Å²) in [5.41, 5.74) is -0.587. The number of aliphatic hydroxyl groups is 1. The SMILES string of the molecule is O=C(NC1CCN(CC2(O)CCCCC2)CC1)C1CCCCC1C(F)(F)F. The Morgan fingerprint density at radius 2 is 1.63 bits per heavy atom. The van der Waals surface area contributed by atoms with E-state index in [2.05, 4.69) is 10.2 Å². The molecule has 1 saturated heterocycles. The predicted molar refractivity (Wildman–Crippen MR) is 97.1 cm³/mol. The van der Waals surface area contributed by atoms with Crippen LogP contribution in [-0.4, -0.2) is 53.4 Å². The van der Waals surface area contributed by atoms with Crippen LogP contribution >= 0.6 is 0 Å². The molecule has 156 valence electrons. The maximum atomic E-state index is 13.2. The molecule has 7 heteroatoms. The van der Waals surface area contributed by atoms with E-state index in [0.29, 0.717) is 25.8 Å². The number of carbonyl (C=O) groups is 1. The second-order valence-corrected chi connectivity index (χ2v) is 8.88. The molecular weight excluding hydrogens is 357 g/mol. The monoisotopic (exact) mass is 390 g/mol. The average Bonchev–Trinajstić information content (AvgIpc) is 2.63. The van der Waals surface area contributed by atoms with E-state index in [1.807, 2.05) is 0 Å². The largest absolute Gasteiger partial charge is 0.392 e. The fourth-order valence-corrected chi connectivity index (χ4v) is 5.16. The summed E-state index contributed by atoms with van der Waals surface area (Å²) in [7, 11) is 0. The van der Waals surface area contributed by atoms with E-state index in [-0.39, 0.29) is 12.5 Å². The van der Waals surface area contributed by atoms with Gasteiger partial charge in [-0.15, -0.1) is 0 Å². The number of nitrogens with zero attached hydrogens (tertiary/aromatic N) is 1. The number of likely N-dealkylation sites (tertiary alicyclic amines) is 1. The third-order valence-corrected chi connectivity index (χ3v) is 6.76. The highest BCUT2D eigenvalue weighted by molar-refractivity contribution is 5.79. The number of alkyl halides is 3. The Kier molecular flexibility index (Phi) is 6.72. The van der Waals surface area contributed by atoms with Gasteiger partial charge in [-0.1, -0.05) is 32.1 Å². The lowest BCUT2D eigenvalue weighted by molar-refractivity contribution is -0.198. The number of hydrogen-bond acceptors (Lipinski definition) is 3. The van der Waals surface area contributed by atoms with Crippen molar-refractivity contribution in [3.8, 4) is 0 Å². The van der Waals surface area contributed by atoms with Gasteiger partial charge in [-0.05, 0) is 38.5 Å². The van der Waals surface area contributed by atoms with Crippen LogP contribution in [-0.2, 0) is 4.79 Å². The van der Waals surface area contributed by atoms with Gasteiger partial charge in [-0.2, -0.15) is 13.2 Å². The molecule has 0 radical (unpaired) electrons. The molecule has 0 aromatic rings. The molecule has 0 bridgehead atoms. The summed E-state index contributed by atoms with van der Waals surface area (Å²) in [5.74, 6) is -2.84. The molecule has 2 N–H and O–H groups in total. The fourth-order valence-electron chi connectivity index (χ4n) is 5.16. The van der Waals surface area contributed by atoms with Crippen LogP contribution in [0.15, 0.2) is 0 Å². The van der Waals surface area contributed by atoms with Gasteiger partial charge in [0, 0.05) is 31.6 Å². The van der Waals surface area contributed by atoms with Crippen LogP contribution in [0.5, 0.6) is 0 Å². The summed E-state index contributed by atoms with van der Waals surface area (Å²) in [6, 6.07) is -0.0504. The van der Waals surface area contributed by atoms with Gasteiger partial charge in [0.15, 0.2) is 0 Å². The lowest BCUT2D eigenvalue weighted by atomic mass is 9.78. The van der Waals surface area contributed by atoms with Gasteiger partial charge in [-0.3, -0.25) is 4.79 Å². The Balaban J connectivity index is 1.46. The standard InChI is InChI=1S/C20H33F3N2O2/c21-20(22,23)17-7-3-2-6-16(17)18(26)24-15-8-12-25(13-9-15)14-19(27)10-4-1-5-11-19/h15-17,27H,1-14H2,(H,24,26). The Morgan fingerprint density at radius 3 is 2.26 bits per heavy atom. The number of β-amino-alcohol motifs (C(OH)–C–C–N with tert-alkyl or cyclic N) is 1. The number of halogens is 3. The minimum Gasteiger partial charge on any atom is -0.389 e. The molecule has 2 atom stereocenters. The fraction of sp³-hybridized carbons (Fsp3) is 0.950. The molecule has 4 nitrogen and oxygen atoms in total. The molecule has 0 aromatic carbocycles. The van der Waals surface area contributed by atoms with Crippen molar-refractivity contribution in [2.24, 2.45) is 11.8 Å². The molecule has 2 unspecified atom stereocenters. The Bertz CT molecular complexity index is 498. The maximum Gasteiger partial charge on any atom is 0.392 e. The molecule has 0 aromatic heterocycles. The third-order valence-electron chi connectivity index (χ3n) is 6.76. The first-order chi connectivity index (χ1) is 12.8. The van der Waals surface area contributed by atoms with Crippen molar-refractivity contribution < 1.29 is 23.1 Å². The first-order valence-electron chi connectivity index (χ1n) is 10.6. The van der Waals surface area contributed by atoms with Crippen molar-refractivity contribution in [2.75, 3.05) is 19.6 Å². The van der Waals surface area contributed by atoms with Gasteiger partial charge in [0.05, 0.1) is 11.5 Å². The maximum absolute atomic E-state index is 13.2. The third kappa shape index (κ3) is 5.59. The molecule has 2 saturated carbocycles. The van der Waals surface area contributed by atoms with Crippen LogP contribution in [0.2, 0.25) is 0 Å². The van der Waals surface area contributed by atoms with Crippen molar-refractivity contribution in [3.05, 3.63) is 0 Å². The number of hydrogen-bond donors (Lipinski definition) is 2. The Labute approximate surface area is 159 Å². The van der Waals surface area contributed by atoms with E-state index in [1.165, 1.54) is 6.42 Å². The van der Waals surface area contributed by atoms with Crippen molar-refractivity contribution in [1.29, 1.82) is 0 Å². The number of nitrogens with one attached hydrogen (secondary N) is 1. The highest BCUT2D eigenvalue weighted by atomic mass is 19.4. The molecule has 1 amide bonds. The molecule has 1 heterocycles. The zero-order chi connectivity index (χ0) is 19.5. The van der Waals surface area contributed by atoms with E-state index in [1.54, 1.807) is 0 Å². The summed E-state index contributed by atoms with van der Waals surface area (Å²) in [4.78, 5) is 14.8. The van der Waals surface area contributed by atoms with E-state index in [0.717, 1.165) is 51.6 Å².